The highest BCUT2D eigenvalue weighted by Gasteiger charge is 2.18. The number of aromatic amines is 1. The van der Waals surface area contributed by atoms with Crippen LogP contribution in [-0.2, 0) is 0 Å². The third kappa shape index (κ3) is 2.27. The van der Waals surface area contributed by atoms with Crippen LogP contribution in [0.15, 0.2) is 27.5 Å². The fourth-order valence-electron chi connectivity index (χ4n) is 1.78. The number of nitrogen functional groups attached to an aromatic ring is 1. The van der Waals surface area contributed by atoms with Gasteiger partial charge in [-0.05, 0) is 33.6 Å². The lowest BCUT2D eigenvalue weighted by Gasteiger charge is -2.09. The summed E-state index contributed by atoms with van der Waals surface area (Å²) in [6.45, 7) is 0. The minimum atomic E-state index is -0.641. The van der Waals surface area contributed by atoms with Gasteiger partial charge >= 0.3 is 0 Å². The van der Waals surface area contributed by atoms with Crippen LogP contribution in [0.1, 0.15) is 11.1 Å². The molecule has 1 heterocycles. The van der Waals surface area contributed by atoms with E-state index in [-0.39, 0.29) is 22.5 Å². The van der Waals surface area contributed by atoms with E-state index < -0.39 is 5.56 Å². The van der Waals surface area contributed by atoms with Gasteiger partial charge in [-0.2, -0.15) is 10.5 Å². The van der Waals surface area contributed by atoms with Crippen molar-refractivity contribution in [3.63, 3.8) is 0 Å². The number of anilines is 1. The Labute approximate surface area is 127 Å². The third-order valence-corrected chi connectivity index (χ3v) is 3.91. The Morgan fingerprint density at radius 2 is 1.90 bits per heavy atom. The van der Waals surface area contributed by atoms with Crippen LogP contribution in [0.2, 0.25) is 5.02 Å². The molecule has 2 rings (SSSR count). The number of halogens is 2. The second-order valence-corrected chi connectivity index (χ2v) is 5.11. The molecule has 0 spiro atoms. The monoisotopic (exact) mass is 348 g/mol. The highest BCUT2D eigenvalue weighted by atomic mass is 79.9. The summed E-state index contributed by atoms with van der Waals surface area (Å²) in [6, 6.07) is 8.56. The van der Waals surface area contributed by atoms with Gasteiger partial charge in [-0.3, -0.25) is 4.79 Å². The van der Waals surface area contributed by atoms with Gasteiger partial charge in [0.25, 0.3) is 5.56 Å². The predicted molar refractivity (Wildman–Crippen MR) is 79.1 cm³/mol. The van der Waals surface area contributed by atoms with E-state index >= 15 is 0 Å². The van der Waals surface area contributed by atoms with Crippen molar-refractivity contribution in [2.45, 2.75) is 0 Å². The number of hydrogen-bond donors (Lipinski definition) is 2. The number of nitrogens with one attached hydrogen (secondary N) is 1. The zero-order valence-electron chi connectivity index (χ0n) is 9.87. The van der Waals surface area contributed by atoms with Gasteiger partial charge in [0.1, 0.15) is 29.1 Å². The highest BCUT2D eigenvalue weighted by Crippen LogP contribution is 2.32. The van der Waals surface area contributed by atoms with Crippen LogP contribution in [0, 0.1) is 22.7 Å². The number of pyridine rings is 1. The number of benzene rings is 1. The van der Waals surface area contributed by atoms with E-state index in [1.54, 1.807) is 24.3 Å². The van der Waals surface area contributed by atoms with Crippen LogP contribution >= 0.6 is 27.5 Å². The normalized spacial score (nSPS) is 9.80. The van der Waals surface area contributed by atoms with Crippen molar-refractivity contribution in [2.24, 2.45) is 0 Å². The molecule has 0 bridgehead atoms. The van der Waals surface area contributed by atoms with Crippen molar-refractivity contribution in [1.82, 2.24) is 4.98 Å². The summed E-state index contributed by atoms with van der Waals surface area (Å²) < 4.78 is 0.665. The zero-order valence-corrected chi connectivity index (χ0v) is 12.2. The van der Waals surface area contributed by atoms with E-state index in [1.807, 2.05) is 6.07 Å². The molecule has 3 N–H and O–H groups in total. The standard InChI is InChI=1S/C13H6BrClN4O/c14-9-2-1-6(3-10(9)15)11-7(4-16)12(18)19-13(20)8(11)5-17/h1-3H,(H3,18,19,20). The first kappa shape index (κ1) is 14.1. The molecule has 0 aliphatic carbocycles. The fraction of sp³-hybridized carbons (Fsp3) is 0. The topological polar surface area (TPSA) is 106 Å². The summed E-state index contributed by atoms with van der Waals surface area (Å²) >= 11 is 9.25. The van der Waals surface area contributed by atoms with Gasteiger partial charge < -0.3 is 10.7 Å². The zero-order chi connectivity index (χ0) is 14.9. The molecule has 0 aliphatic rings. The fourth-order valence-corrected chi connectivity index (χ4v) is 2.21. The van der Waals surface area contributed by atoms with Gasteiger partial charge in [0.2, 0.25) is 0 Å². The molecule has 0 radical (unpaired) electrons. The maximum absolute atomic E-state index is 11.8. The number of nitriles is 2. The van der Waals surface area contributed by atoms with Crippen LogP contribution in [0.3, 0.4) is 0 Å². The van der Waals surface area contributed by atoms with Crippen molar-refractivity contribution in [3.05, 3.63) is 49.2 Å². The number of aromatic nitrogens is 1. The van der Waals surface area contributed by atoms with Crippen LogP contribution < -0.4 is 11.3 Å². The predicted octanol–water partition coefficient (Wildman–Crippen LogP) is 2.78. The lowest BCUT2D eigenvalue weighted by atomic mass is 9.97. The Bertz CT molecular complexity index is 845. The molecule has 0 saturated heterocycles. The first-order chi connectivity index (χ1) is 9.49. The third-order valence-electron chi connectivity index (χ3n) is 2.68. The smallest absolute Gasteiger partial charge is 0.268 e. The number of hydrogen-bond acceptors (Lipinski definition) is 4. The van der Waals surface area contributed by atoms with Crippen molar-refractivity contribution in [3.8, 4) is 23.3 Å². The Kier molecular flexibility index (Phi) is 3.80. The molecule has 0 fully saturated rings. The highest BCUT2D eigenvalue weighted by molar-refractivity contribution is 9.10. The molecular weight excluding hydrogens is 344 g/mol. The SMILES string of the molecule is N#Cc1c(N)[nH]c(=O)c(C#N)c1-c1ccc(Br)c(Cl)c1. The number of H-pyrrole nitrogens is 1. The molecule has 0 saturated carbocycles. The van der Waals surface area contributed by atoms with Crippen molar-refractivity contribution in [2.75, 3.05) is 5.73 Å². The van der Waals surface area contributed by atoms with E-state index in [9.17, 15) is 10.1 Å². The van der Waals surface area contributed by atoms with E-state index in [2.05, 4.69) is 20.9 Å². The van der Waals surface area contributed by atoms with E-state index in [4.69, 9.17) is 22.6 Å². The Hall–Kier alpha value is -2.28. The van der Waals surface area contributed by atoms with Gasteiger partial charge in [0.05, 0.1) is 5.02 Å². The summed E-state index contributed by atoms with van der Waals surface area (Å²) in [5.41, 5.74) is 5.52. The molecule has 0 atom stereocenters. The molecule has 0 aliphatic heterocycles. The Morgan fingerprint density at radius 3 is 2.45 bits per heavy atom. The number of nitrogens with zero attached hydrogens (tertiary/aromatic N) is 2. The van der Waals surface area contributed by atoms with Crippen LogP contribution in [-0.4, -0.2) is 4.98 Å². The first-order valence-corrected chi connectivity index (χ1v) is 6.48. The van der Waals surface area contributed by atoms with Gasteiger partial charge in [-0.25, -0.2) is 0 Å². The molecule has 0 unspecified atom stereocenters. The maximum Gasteiger partial charge on any atom is 0.268 e. The van der Waals surface area contributed by atoms with Gasteiger partial charge in [-0.15, -0.1) is 0 Å². The van der Waals surface area contributed by atoms with Gasteiger partial charge in [-0.1, -0.05) is 17.7 Å². The summed E-state index contributed by atoms with van der Waals surface area (Å²) in [5.74, 6) is -0.0782. The molecule has 1 aromatic carbocycles. The second-order valence-electron chi connectivity index (χ2n) is 3.85. The Morgan fingerprint density at radius 1 is 1.25 bits per heavy atom. The maximum atomic E-state index is 11.8. The van der Waals surface area contributed by atoms with E-state index in [0.717, 1.165) is 0 Å². The van der Waals surface area contributed by atoms with Crippen LogP contribution in [0.5, 0.6) is 0 Å². The molecule has 7 heteroatoms. The van der Waals surface area contributed by atoms with Crippen LogP contribution in [0.25, 0.3) is 11.1 Å². The van der Waals surface area contributed by atoms with Crippen molar-refractivity contribution < 1.29 is 0 Å². The molecular formula is C13H6BrClN4O. The quantitative estimate of drug-likeness (QED) is 0.825. The molecule has 20 heavy (non-hydrogen) atoms. The molecule has 0 amide bonds. The number of rotatable bonds is 1. The van der Waals surface area contributed by atoms with Gasteiger partial charge in [0.15, 0.2) is 0 Å². The average molecular weight is 350 g/mol. The van der Waals surface area contributed by atoms with Gasteiger partial charge in [0, 0.05) is 10.0 Å². The summed E-state index contributed by atoms with van der Waals surface area (Å²) in [6.07, 6.45) is 0. The lowest BCUT2D eigenvalue weighted by Crippen LogP contribution is -2.16. The molecule has 2 aromatic rings. The summed E-state index contributed by atoms with van der Waals surface area (Å²) in [4.78, 5) is 14.1. The molecule has 5 nitrogen and oxygen atoms in total. The molecule has 1 aromatic heterocycles. The first-order valence-electron chi connectivity index (χ1n) is 5.31. The Balaban J connectivity index is 2.92. The average Bonchev–Trinajstić information content (AvgIpc) is 2.41. The van der Waals surface area contributed by atoms with Crippen LogP contribution in [0.4, 0.5) is 5.82 Å². The summed E-state index contributed by atoms with van der Waals surface area (Å²) in [5, 5.41) is 18.7. The largest absolute Gasteiger partial charge is 0.384 e. The minimum Gasteiger partial charge on any atom is -0.384 e. The molecule has 98 valence electrons. The number of nitrogens with two attached hydrogens (primary N) is 1. The lowest BCUT2D eigenvalue weighted by molar-refractivity contribution is 1.21. The minimum absolute atomic E-state index is 0.0412. The summed E-state index contributed by atoms with van der Waals surface area (Å²) in [7, 11) is 0. The van der Waals surface area contributed by atoms with Crippen molar-refractivity contribution in [1.29, 1.82) is 10.5 Å². The van der Waals surface area contributed by atoms with E-state index in [1.165, 1.54) is 0 Å². The van der Waals surface area contributed by atoms with Crippen molar-refractivity contribution >= 4 is 33.3 Å². The van der Waals surface area contributed by atoms with E-state index in [0.29, 0.717) is 15.1 Å². The second kappa shape index (κ2) is 5.38.